The zero-order chi connectivity index (χ0) is 11.3. The number of allylic oxidation sites excluding steroid dienone is 4. The van der Waals surface area contributed by atoms with Gasteiger partial charge >= 0.3 is 0 Å². The second-order valence-corrected chi connectivity index (χ2v) is 3.82. The molecule has 0 aliphatic heterocycles. The van der Waals surface area contributed by atoms with Crippen LogP contribution in [0.4, 0.5) is 4.39 Å². The van der Waals surface area contributed by atoms with Gasteiger partial charge in [0, 0.05) is 5.57 Å². The minimum Gasteiger partial charge on any atom is -0.396 e. The van der Waals surface area contributed by atoms with Crippen molar-refractivity contribution < 1.29 is 9.18 Å². The van der Waals surface area contributed by atoms with Gasteiger partial charge in [-0.25, -0.2) is 4.39 Å². The first kappa shape index (κ1) is 9.09. The van der Waals surface area contributed by atoms with Gasteiger partial charge in [-0.05, 0) is 41.0 Å². The Balaban J connectivity index is 2.24. The van der Waals surface area contributed by atoms with Crippen molar-refractivity contribution in [1.82, 2.24) is 0 Å². The second kappa shape index (κ2) is 2.92. The molecule has 0 unspecified atom stereocenters. The smallest absolute Gasteiger partial charge is 0.209 e. The largest absolute Gasteiger partial charge is 0.396 e. The van der Waals surface area contributed by atoms with Gasteiger partial charge in [0.1, 0.15) is 5.82 Å². The van der Waals surface area contributed by atoms with Crippen LogP contribution in [0.5, 0.6) is 0 Å². The standard InChI is InChI=1S/C13H8FNO/c14-8-1-2-9-7(5-8)6-11-10(9)3-4-12(15)13(11)16/h1-6H,15H2. The minimum atomic E-state index is -0.303. The SMILES string of the molecule is NC1=CC=C2C(=Cc3cc(F)ccc32)C1=O. The molecule has 1 aromatic carbocycles. The van der Waals surface area contributed by atoms with E-state index in [9.17, 15) is 9.18 Å². The zero-order valence-electron chi connectivity index (χ0n) is 8.33. The van der Waals surface area contributed by atoms with Crippen molar-refractivity contribution in [3.63, 3.8) is 0 Å². The van der Waals surface area contributed by atoms with Crippen LogP contribution >= 0.6 is 0 Å². The predicted octanol–water partition coefficient (Wildman–Crippen LogP) is 2.03. The minimum absolute atomic E-state index is 0.186. The molecule has 2 nitrogen and oxygen atoms in total. The number of rotatable bonds is 0. The van der Waals surface area contributed by atoms with E-state index in [1.165, 1.54) is 12.1 Å². The van der Waals surface area contributed by atoms with Crippen LogP contribution in [-0.4, -0.2) is 5.78 Å². The third-order valence-electron chi connectivity index (χ3n) is 2.83. The van der Waals surface area contributed by atoms with Crippen LogP contribution < -0.4 is 5.73 Å². The summed E-state index contributed by atoms with van der Waals surface area (Å²) in [4.78, 5) is 11.8. The van der Waals surface area contributed by atoms with Gasteiger partial charge in [0.05, 0.1) is 5.70 Å². The van der Waals surface area contributed by atoms with Crippen LogP contribution in [0.15, 0.2) is 41.6 Å². The Bertz CT molecular complexity index is 608. The first-order chi connectivity index (χ1) is 7.66. The van der Waals surface area contributed by atoms with Crippen molar-refractivity contribution in [2.45, 2.75) is 0 Å². The Kier molecular flexibility index (Phi) is 1.66. The lowest BCUT2D eigenvalue weighted by atomic mass is 9.94. The maximum Gasteiger partial charge on any atom is 0.209 e. The maximum absolute atomic E-state index is 13.0. The molecule has 0 spiro atoms. The number of hydrogen-bond acceptors (Lipinski definition) is 2. The third kappa shape index (κ3) is 1.08. The van der Waals surface area contributed by atoms with E-state index >= 15 is 0 Å². The normalized spacial score (nSPS) is 17.3. The molecule has 0 heterocycles. The van der Waals surface area contributed by atoms with Gasteiger partial charge in [0.25, 0.3) is 0 Å². The molecule has 0 aromatic heterocycles. The van der Waals surface area contributed by atoms with Crippen LogP contribution in [0.2, 0.25) is 0 Å². The lowest BCUT2D eigenvalue weighted by Gasteiger charge is -2.10. The Labute approximate surface area is 91.6 Å². The molecule has 2 N–H and O–H groups in total. The van der Waals surface area contributed by atoms with Crippen molar-refractivity contribution in [2.75, 3.05) is 0 Å². The number of Topliss-reactive ketones (excluding diaryl/α,β-unsaturated/α-hetero) is 1. The summed E-state index contributed by atoms with van der Waals surface area (Å²) in [5, 5.41) is 0. The summed E-state index contributed by atoms with van der Waals surface area (Å²) in [6, 6.07) is 4.50. The molecular formula is C13H8FNO. The van der Waals surface area contributed by atoms with Crippen molar-refractivity contribution in [2.24, 2.45) is 5.73 Å². The molecule has 3 rings (SSSR count). The molecule has 78 valence electrons. The van der Waals surface area contributed by atoms with Crippen molar-refractivity contribution in [3.05, 3.63) is 58.6 Å². The van der Waals surface area contributed by atoms with E-state index in [-0.39, 0.29) is 17.3 Å². The van der Waals surface area contributed by atoms with E-state index in [0.29, 0.717) is 5.57 Å². The molecule has 2 aliphatic carbocycles. The van der Waals surface area contributed by atoms with Gasteiger partial charge in [0.2, 0.25) is 5.78 Å². The van der Waals surface area contributed by atoms with Gasteiger partial charge in [-0.1, -0.05) is 12.1 Å². The summed E-state index contributed by atoms with van der Waals surface area (Å²) in [6.07, 6.45) is 5.08. The number of halogens is 1. The molecule has 0 radical (unpaired) electrons. The molecule has 3 heteroatoms. The Hall–Kier alpha value is -2.16. The van der Waals surface area contributed by atoms with Crippen LogP contribution in [0.1, 0.15) is 11.1 Å². The fourth-order valence-corrected chi connectivity index (χ4v) is 2.05. The number of nitrogens with two attached hydrogens (primary N) is 1. The molecular weight excluding hydrogens is 205 g/mol. The van der Waals surface area contributed by atoms with Crippen LogP contribution in [0.3, 0.4) is 0 Å². The average Bonchev–Trinajstić information content (AvgIpc) is 2.62. The number of fused-ring (bicyclic) bond motifs is 3. The van der Waals surface area contributed by atoms with E-state index in [4.69, 9.17) is 5.73 Å². The number of benzene rings is 1. The van der Waals surface area contributed by atoms with E-state index in [1.54, 1.807) is 24.3 Å². The highest BCUT2D eigenvalue weighted by atomic mass is 19.1. The summed E-state index contributed by atoms with van der Waals surface area (Å²) in [7, 11) is 0. The summed E-state index contributed by atoms with van der Waals surface area (Å²) in [5.74, 6) is -0.489. The van der Waals surface area contributed by atoms with Crippen molar-refractivity contribution in [3.8, 4) is 0 Å². The van der Waals surface area contributed by atoms with Crippen LogP contribution in [0, 0.1) is 5.82 Å². The Morgan fingerprint density at radius 1 is 1.12 bits per heavy atom. The third-order valence-corrected chi connectivity index (χ3v) is 2.83. The highest BCUT2D eigenvalue weighted by Crippen LogP contribution is 2.38. The van der Waals surface area contributed by atoms with E-state index in [2.05, 4.69) is 0 Å². The Morgan fingerprint density at radius 2 is 1.94 bits per heavy atom. The van der Waals surface area contributed by atoms with Crippen molar-refractivity contribution >= 4 is 17.4 Å². The zero-order valence-corrected chi connectivity index (χ0v) is 8.33. The second-order valence-electron chi connectivity index (χ2n) is 3.82. The highest BCUT2D eigenvalue weighted by molar-refractivity contribution is 6.25. The monoisotopic (exact) mass is 213 g/mol. The molecule has 0 atom stereocenters. The van der Waals surface area contributed by atoms with Gasteiger partial charge < -0.3 is 5.73 Å². The highest BCUT2D eigenvalue weighted by Gasteiger charge is 2.27. The van der Waals surface area contributed by atoms with E-state index < -0.39 is 0 Å². The molecule has 0 bridgehead atoms. The first-order valence-electron chi connectivity index (χ1n) is 4.91. The van der Waals surface area contributed by atoms with Gasteiger partial charge in [0.15, 0.2) is 0 Å². The fourth-order valence-electron chi connectivity index (χ4n) is 2.05. The molecule has 0 amide bonds. The summed E-state index contributed by atoms with van der Waals surface area (Å²) < 4.78 is 13.0. The fraction of sp³-hybridized carbons (Fsp3) is 0. The van der Waals surface area contributed by atoms with E-state index in [1.807, 2.05) is 0 Å². The van der Waals surface area contributed by atoms with Gasteiger partial charge in [-0.3, -0.25) is 4.79 Å². The first-order valence-corrected chi connectivity index (χ1v) is 4.91. The molecule has 1 aromatic rings. The Morgan fingerprint density at radius 3 is 2.75 bits per heavy atom. The van der Waals surface area contributed by atoms with Crippen molar-refractivity contribution in [1.29, 1.82) is 0 Å². The average molecular weight is 213 g/mol. The maximum atomic E-state index is 13.0. The summed E-state index contributed by atoms with van der Waals surface area (Å²) in [6.45, 7) is 0. The molecule has 0 saturated heterocycles. The lowest BCUT2D eigenvalue weighted by molar-refractivity contribution is -0.111. The predicted molar refractivity (Wildman–Crippen MR) is 59.6 cm³/mol. The number of carbonyl (C=O) groups excluding carboxylic acids is 1. The van der Waals surface area contributed by atoms with E-state index in [0.717, 1.165) is 16.7 Å². The molecule has 0 fully saturated rings. The topological polar surface area (TPSA) is 43.1 Å². The quantitative estimate of drug-likeness (QED) is 0.716. The summed E-state index contributed by atoms with van der Waals surface area (Å²) >= 11 is 0. The number of carbonyl (C=O) groups is 1. The molecule has 2 aliphatic rings. The molecule has 0 saturated carbocycles. The lowest BCUT2D eigenvalue weighted by Crippen LogP contribution is -2.15. The van der Waals surface area contributed by atoms with Crippen LogP contribution in [0.25, 0.3) is 11.6 Å². The van der Waals surface area contributed by atoms with Gasteiger partial charge in [-0.15, -0.1) is 0 Å². The summed E-state index contributed by atoms with van der Waals surface area (Å²) in [5.41, 5.74) is 8.78. The molecule has 16 heavy (non-hydrogen) atoms. The number of hydrogen-bond donors (Lipinski definition) is 1. The van der Waals surface area contributed by atoms with Crippen LogP contribution in [-0.2, 0) is 4.79 Å². The van der Waals surface area contributed by atoms with Gasteiger partial charge in [-0.2, -0.15) is 0 Å². The number of ketones is 1.